The number of H-pyrrole nitrogens is 2. The maximum Gasteiger partial charge on any atom is 0.124 e. The Morgan fingerprint density at radius 1 is 0.971 bits per heavy atom. The van der Waals surface area contributed by atoms with Crippen LogP contribution in [-0.4, -0.2) is 20.2 Å². The van der Waals surface area contributed by atoms with E-state index in [1.807, 2.05) is 31.6 Å². The third-order valence-electron chi connectivity index (χ3n) is 6.42. The minimum atomic E-state index is -0.230. The fourth-order valence-corrected chi connectivity index (χ4v) is 4.71. The Morgan fingerprint density at radius 2 is 1.88 bits per heavy atom. The number of nitrogens with zero attached hydrogens (tertiary/aromatic N) is 2. The van der Waals surface area contributed by atoms with E-state index in [0.29, 0.717) is 6.54 Å². The minimum absolute atomic E-state index is 0.230. The lowest BCUT2D eigenvalue weighted by Crippen LogP contribution is -2.13. The molecule has 0 amide bonds. The molecule has 0 saturated carbocycles. The molecule has 0 aliphatic carbocycles. The maximum absolute atomic E-state index is 14.1. The summed E-state index contributed by atoms with van der Waals surface area (Å²) in [5, 5.41) is 12.1. The number of aromatic nitrogens is 4. The highest BCUT2D eigenvalue weighted by Gasteiger charge is 2.21. The van der Waals surface area contributed by atoms with E-state index < -0.39 is 0 Å². The molecule has 0 radical (unpaired) electrons. The first-order valence-corrected chi connectivity index (χ1v) is 11.4. The molecule has 0 unspecified atom stereocenters. The number of nitrogens with one attached hydrogen (secondary N) is 3. The van der Waals surface area contributed by atoms with Crippen molar-refractivity contribution in [1.82, 2.24) is 25.5 Å². The molecule has 1 aliphatic rings. The van der Waals surface area contributed by atoms with Gasteiger partial charge in [-0.05, 0) is 72.0 Å². The van der Waals surface area contributed by atoms with Crippen molar-refractivity contribution < 1.29 is 4.39 Å². The Bertz CT molecular complexity index is 1550. The van der Waals surface area contributed by atoms with Gasteiger partial charge >= 0.3 is 0 Å². The molecular weight excluding hydrogens is 425 g/mol. The van der Waals surface area contributed by atoms with Crippen LogP contribution in [0, 0.1) is 12.7 Å². The molecule has 0 fully saturated rings. The fourth-order valence-electron chi connectivity index (χ4n) is 4.71. The second-order valence-corrected chi connectivity index (χ2v) is 8.80. The first-order valence-electron chi connectivity index (χ1n) is 11.4. The lowest BCUT2D eigenvalue weighted by atomic mass is 9.95. The summed E-state index contributed by atoms with van der Waals surface area (Å²) in [4.78, 5) is 7.95. The van der Waals surface area contributed by atoms with Gasteiger partial charge in [-0.3, -0.25) is 10.1 Å². The van der Waals surface area contributed by atoms with Crippen LogP contribution in [-0.2, 0) is 13.0 Å². The highest BCUT2D eigenvalue weighted by Crippen LogP contribution is 2.36. The van der Waals surface area contributed by atoms with Crippen LogP contribution in [0.25, 0.3) is 39.0 Å². The number of halogens is 1. The Labute approximate surface area is 196 Å². The van der Waals surface area contributed by atoms with Crippen LogP contribution in [0.15, 0.2) is 67.1 Å². The summed E-state index contributed by atoms with van der Waals surface area (Å²) in [6.07, 6.45) is 6.72. The SMILES string of the molecule is CCc1cncc(-c2ccc3[nH]nc(-c4cc5c([nH]4)CNC=C5c4cc(C)cc(F)c4)c3c2)c1. The number of hydrogen-bond acceptors (Lipinski definition) is 3. The van der Waals surface area contributed by atoms with Crippen molar-refractivity contribution in [2.75, 3.05) is 0 Å². The molecule has 3 aromatic heterocycles. The van der Waals surface area contributed by atoms with Crippen molar-refractivity contribution in [2.24, 2.45) is 0 Å². The van der Waals surface area contributed by atoms with Crippen molar-refractivity contribution in [2.45, 2.75) is 26.8 Å². The number of benzene rings is 2. The van der Waals surface area contributed by atoms with Crippen molar-refractivity contribution in [1.29, 1.82) is 0 Å². The van der Waals surface area contributed by atoms with Gasteiger partial charge in [-0.25, -0.2) is 4.39 Å². The average Bonchev–Trinajstić information content (AvgIpc) is 3.46. The molecule has 2 aromatic carbocycles. The van der Waals surface area contributed by atoms with Gasteiger partial charge < -0.3 is 10.3 Å². The largest absolute Gasteiger partial charge is 0.385 e. The first kappa shape index (κ1) is 20.4. The standard InChI is InChI=1S/C28H24FN5/c1-3-17-8-20(13-30-12-17)18-4-5-25-23(10-18)28(34-33-25)26-11-22-24(14-31-15-27(22)32-26)19-6-16(2)7-21(29)9-19/h4-14,31-32H,3,15H2,1-2H3,(H,33,34). The predicted octanol–water partition coefficient (Wildman–Crippen LogP) is 6.12. The molecule has 0 spiro atoms. The van der Waals surface area contributed by atoms with Crippen LogP contribution in [0.3, 0.4) is 0 Å². The van der Waals surface area contributed by atoms with Gasteiger partial charge in [-0.2, -0.15) is 5.10 Å². The van der Waals surface area contributed by atoms with Crippen molar-refractivity contribution in [3.8, 4) is 22.5 Å². The van der Waals surface area contributed by atoms with Crippen molar-refractivity contribution in [3.63, 3.8) is 0 Å². The van der Waals surface area contributed by atoms with Crippen LogP contribution in [0.5, 0.6) is 0 Å². The molecule has 4 heterocycles. The topological polar surface area (TPSA) is 69.4 Å². The van der Waals surface area contributed by atoms with Gasteiger partial charge in [0.05, 0.1) is 17.8 Å². The molecule has 168 valence electrons. The van der Waals surface area contributed by atoms with E-state index in [-0.39, 0.29) is 5.82 Å². The van der Waals surface area contributed by atoms with Crippen LogP contribution in [0.2, 0.25) is 0 Å². The number of aryl methyl sites for hydroxylation is 2. The third-order valence-corrected chi connectivity index (χ3v) is 6.42. The van der Waals surface area contributed by atoms with Gasteiger partial charge in [-0.1, -0.05) is 19.1 Å². The molecule has 5 aromatic rings. The van der Waals surface area contributed by atoms with E-state index in [1.165, 1.54) is 5.56 Å². The van der Waals surface area contributed by atoms with Crippen molar-refractivity contribution in [3.05, 3.63) is 101 Å². The van der Waals surface area contributed by atoms with Crippen LogP contribution < -0.4 is 5.32 Å². The number of aromatic amines is 2. The predicted molar refractivity (Wildman–Crippen MR) is 134 cm³/mol. The molecule has 0 bridgehead atoms. The summed E-state index contributed by atoms with van der Waals surface area (Å²) in [7, 11) is 0. The zero-order chi connectivity index (χ0) is 23.2. The normalized spacial score (nSPS) is 13.0. The lowest BCUT2D eigenvalue weighted by molar-refractivity contribution is 0.626. The number of hydrogen-bond donors (Lipinski definition) is 3. The Kier molecular flexibility index (Phi) is 4.80. The average molecular weight is 450 g/mol. The van der Waals surface area contributed by atoms with E-state index >= 15 is 0 Å². The van der Waals surface area contributed by atoms with E-state index in [0.717, 1.165) is 67.8 Å². The molecule has 6 heteroatoms. The van der Waals surface area contributed by atoms with Crippen molar-refractivity contribution >= 4 is 16.5 Å². The van der Waals surface area contributed by atoms with Gasteiger partial charge in [0.1, 0.15) is 11.5 Å². The third kappa shape index (κ3) is 3.48. The van der Waals surface area contributed by atoms with Gasteiger partial charge in [0.25, 0.3) is 0 Å². The van der Waals surface area contributed by atoms with Crippen LogP contribution in [0.4, 0.5) is 4.39 Å². The summed E-state index contributed by atoms with van der Waals surface area (Å²) in [6, 6.07) is 15.7. The molecule has 3 N–H and O–H groups in total. The van der Waals surface area contributed by atoms with E-state index in [1.54, 1.807) is 12.1 Å². The molecule has 0 atom stereocenters. The lowest BCUT2D eigenvalue weighted by Gasteiger charge is -2.16. The second kappa shape index (κ2) is 7.99. The van der Waals surface area contributed by atoms with E-state index in [2.05, 4.69) is 62.7 Å². The van der Waals surface area contributed by atoms with Gasteiger partial charge in [0.2, 0.25) is 0 Å². The molecule has 6 rings (SSSR count). The Hall–Kier alpha value is -4.19. The molecule has 0 saturated heterocycles. The van der Waals surface area contributed by atoms with Gasteiger partial charge in [0, 0.05) is 46.4 Å². The fraction of sp³-hybridized carbons (Fsp3) is 0.143. The summed E-state index contributed by atoms with van der Waals surface area (Å²) in [6.45, 7) is 4.72. The van der Waals surface area contributed by atoms with Gasteiger partial charge in [-0.15, -0.1) is 0 Å². The Morgan fingerprint density at radius 3 is 2.74 bits per heavy atom. The van der Waals surface area contributed by atoms with E-state index in [9.17, 15) is 4.39 Å². The number of rotatable bonds is 4. The number of pyridine rings is 1. The quantitative estimate of drug-likeness (QED) is 0.309. The van der Waals surface area contributed by atoms with E-state index in [4.69, 9.17) is 0 Å². The second-order valence-electron chi connectivity index (χ2n) is 8.80. The molecular formula is C28H24FN5. The zero-order valence-electron chi connectivity index (χ0n) is 19.0. The van der Waals surface area contributed by atoms with Crippen LogP contribution >= 0.6 is 0 Å². The summed E-state index contributed by atoms with van der Waals surface area (Å²) >= 11 is 0. The smallest absolute Gasteiger partial charge is 0.124 e. The summed E-state index contributed by atoms with van der Waals surface area (Å²) in [5.41, 5.74) is 11.0. The highest BCUT2D eigenvalue weighted by atomic mass is 19.1. The first-order chi connectivity index (χ1) is 16.6. The monoisotopic (exact) mass is 449 g/mol. The summed E-state index contributed by atoms with van der Waals surface area (Å²) < 4.78 is 14.1. The van der Waals surface area contributed by atoms with Crippen LogP contribution in [0.1, 0.15) is 34.9 Å². The highest BCUT2D eigenvalue weighted by molar-refractivity contribution is 5.96. The van der Waals surface area contributed by atoms with Gasteiger partial charge in [0.15, 0.2) is 0 Å². The zero-order valence-corrected chi connectivity index (χ0v) is 19.0. The molecule has 1 aliphatic heterocycles. The maximum atomic E-state index is 14.1. The summed E-state index contributed by atoms with van der Waals surface area (Å²) in [5.74, 6) is -0.230. The minimum Gasteiger partial charge on any atom is -0.385 e. The molecule has 34 heavy (non-hydrogen) atoms. The molecule has 5 nitrogen and oxygen atoms in total. The number of fused-ring (bicyclic) bond motifs is 2. The Balaban J connectivity index is 1.44.